The fraction of sp³-hybridized carbons (Fsp3) is 0.455. The molecule has 0 amide bonds. The first-order valence-corrected chi connectivity index (χ1v) is 16.9. The summed E-state index contributed by atoms with van der Waals surface area (Å²) in [6, 6.07) is 14.5. The zero-order valence-corrected chi connectivity index (χ0v) is 25.6. The maximum Gasteiger partial charge on any atom is 0.138 e. The summed E-state index contributed by atoms with van der Waals surface area (Å²) in [6.45, 7) is 9.00. The molecule has 3 heterocycles. The van der Waals surface area contributed by atoms with Crippen LogP contribution < -0.4 is 0 Å². The molecule has 1 aliphatic carbocycles. The topological polar surface area (TPSA) is 25.8 Å². The van der Waals surface area contributed by atoms with Crippen LogP contribution in [0.1, 0.15) is 99.8 Å². The first-order chi connectivity index (χ1) is 18.5. The predicted octanol–water partition coefficient (Wildman–Crippen LogP) is 11.5. The predicted molar refractivity (Wildman–Crippen MR) is 169 cm³/mol. The van der Waals surface area contributed by atoms with Crippen LogP contribution in [0.3, 0.4) is 0 Å². The highest BCUT2D eigenvalue weighted by atomic mass is 32.1. The van der Waals surface area contributed by atoms with Gasteiger partial charge < -0.3 is 0 Å². The number of thiazole rings is 2. The van der Waals surface area contributed by atoms with E-state index in [0.717, 1.165) is 19.7 Å². The van der Waals surface area contributed by atoms with E-state index >= 15 is 0 Å². The largest absolute Gasteiger partial charge is 0.230 e. The molecule has 2 aromatic carbocycles. The molecule has 2 nitrogen and oxygen atoms in total. The minimum absolute atomic E-state index is 0.116. The van der Waals surface area contributed by atoms with Gasteiger partial charge in [-0.3, -0.25) is 0 Å². The average Bonchev–Trinajstić information content (AvgIpc) is 3.63. The molecule has 0 N–H and O–H groups in total. The first-order valence-electron chi connectivity index (χ1n) is 14.5. The fourth-order valence-corrected chi connectivity index (χ4v) is 10.0. The first kappa shape index (κ1) is 26.2. The number of thiophene rings is 1. The van der Waals surface area contributed by atoms with Gasteiger partial charge in [-0.2, -0.15) is 0 Å². The summed E-state index contributed by atoms with van der Waals surface area (Å²) < 4.78 is 2.63. The lowest BCUT2D eigenvalue weighted by Crippen LogP contribution is -2.25. The molecular formula is C33H38N2S3. The van der Waals surface area contributed by atoms with E-state index in [1.54, 1.807) is 33.8 Å². The second-order valence-corrected chi connectivity index (χ2v) is 14.3. The van der Waals surface area contributed by atoms with Crippen LogP contribution in [0.25, 0.3) is 40.8 Å². The van der Waals surface area contributed by atoms with Crippen LogP contribution in [0.5, 0.6) is 0 Å². The van der Waals surface area contributed by atoms with E-state index < -0.39 is 0 Å². The van der Waals surface area contributed by atoms with Crippen molar-refractivity contribution in [2.24, 2.45) is 0 Å². The summed E-state index contributed by atoms with van der Waals surface area (Å²) in [5.41, 5.74) is 8.83. The molecule has 5 heteroatoms. The van der Waals surface area contributed by atoms with Crippen LogP contribution in [0.4, 0.5) is 0 Å². The van der Waals surface area contributed by atoms with Gasteiger partial charge in [-0.25, -0.2) is 9.97 Å². The molecule has 0 spiro atoms. The molecule has 0 aliphatic heterocycles. The van der Waals surface area contributed by atoms with Gasteiger partial charge in [0.2, 0.25) is 0 Å². The van der Waals surface area contributed by atoms with Crippen molar-refractivity contribution in [3.05, 3.63) is 58.1 Å². The third-order valence-corrected chi connectivity index (χ3v) is 11.9. The summed E-state index contributed by atoms with van der Waals surface area (Å²) in [5.74, 6) is 0. The second-order valence-electron chi connectivity index (χ2n) is 11.1. The average molecular weight is 559 g/mol. The SMILES string of the molecule is CCCCCCC1(CCCCCC)c2cc(C)ccc2-c2ccc(-c3nc4sc5nc(C)sc5c4s3)cc21. The van der Waals surface area contributed by atoms with E-state index in [9.17, 15) is 0 Å². The summed E-state index contributed by atoms with van der Waals surface area (Å²) in [4.78, 5) is 12.1. The van der Waals surface area contributed by atoms with Crippen molar-refractivity contribution in [2.45, 2.75) is 97.3 Å². The molecule has 0 saturated heterocycles. The molecule has 198 valence electrons. The van der Waals surface area contributed by atoms with Gasteiger partial charge in [-0.05, 0) is 55.0 Å². The third-order valence-electron chi connectivity index (χ3n) is 8.38. The zero-order valence-electron chi connectivity index (χ0n) is 23.2. The molecular weight excluding hydrogens is 521 g/mol. The molecule has 6 rings (SSSR count). The number of aryl methyl sites for hydroxylation is 2. The molecule has 0 unspecified atom stereocenters. The van der Waals surface area contributed by atoms with Crippen molar-refractivity contribution in [1.82, 2.24) is 9.97 Å². The Morgan fingerprint density at radius 1 is 0.658 bits per heavy atom. The third kappa shape index (κ3) is 4.55. The van der Waals surface area contributed by atoms with E-state index in [1.807, 2.05) is 11.3 Å². The van der Waals surface area contributed by atoms with Gasteiger partial charge in [0.05, 0.1) is 14.4 Å². The summed E-state index contributed by atoms with van der Waals surface area (Å²) in [6.07, 6.45) is 13.0. The molecule has 5 aromatic rings. The highest BCUT2D eigenvalue weighted by Crippen LogP contribution is 2.55. The lowest BCUT2D eigenvalue weighted by Gasteiger charge is -2.33. The van der Waals surface area contributed by atoms with Crippen LogP contribution in [0.2, 0.25) is 0 Å². The summed E-state index contributed by atoms with van der Waals surface area (Å²) in [7, 11) is 0. The quantitative estimate of drug-likeness (QED) is 0.151. The monoisotopic (exact) mass is 558 g/mol. The second kappa shape index (κ2) is 10.8. The maximum absolute atomic E-state index is 5.14. The van der Waals surface area contributed by atoms with Crippen LogP contribution in [-0.2, 0) is 5.41 Å². The minimum Gasteiger partial charge on any atom is -0.230 e. The highest BCUT2D eigenvalue weighted by Gasteiger charge is 2.42. The summed E-state index contributed by atoms with van der Waals surface area (Å²) in [5, 5.41) is 2.30. The van der Waals surface area contributed by atoms with Crippen LogP contribution in [0.15, 0.2) is 36.4 Å². The Kier molecular flexibility index (Phi) is 7.45. The minimum atomic E-state index is 0.116. The lowest BCUT2D eigenvalue weighted by atomic mass is 9.70. The Bertz CT molecular complexity index is 1570. The van der Waals surface area contributed by atoms with Crippen LogP contribution in [-0.4, -0.2) is 9.97 Å². The van der Waals surface area contributed by atoms with Crippen molar-refractivity contribution < 1.29 is 0 Å². The standard InChI is InChI=1S/C33H38N2S3/c1-5-7-9-11-17-33(18-12-10-8-6-2)26-19-21(3)13-15-24(26)25-16-14-23(20-27(25)33)30-35-32-29(37-30)28-31(38-32)34-22(4)36-28/h13-16,19-20H,5-12,17-18H2,1-4H3. The van der Waals surface area contributed by atoms with Gasteiger partial charge in [-0.1, -0.05) is 112 Å². The number of fused-ring (bicyclic) bond motifs is 6. The number of hydrogen-bond donors (Lipinski definition) is 0. The number of aromatic nitrogens is 2. The van der Waals surface area contributed by atoms with E-state index in [1.165, 1.54) is 95.9 Å². The van der Waals surface area contributed by atoms with E-state index in [4.69, 9.17) is 9.97 Å². The smallest absolute Gasteiger partial charge is 0.138 e. The van der Waals surface area contributed by atoms with Gasteiger partial charge in [-0.15, -0.1) is 22.7 Å². The Hall–Kier alpha value is -2.08. The van der Waals surface area contributed by atoms with Gasteiger partial charge in [0.1, 0.15) is 14.7 Å². The Labute approximate surface area is 239 Å². The molecule has 3 aromatic heterocycles. The van der Waals surface area contributed by atoms with E-state index in [0.29, 0.717) is 0 Å². The molecule has 0 atom stereocenters. The number of nitrogens with zero attached hydrogens (tertiary/aromatic N) is 2. The van der Waals surface area contributed by atoms with Crippen LogP contribution >= 0.6 is 34.0 Å². The summed E-state index contributed by atoms with van der Waals surface area (Å²) >= 11 is 5.40. The molecule has 1 aliphatic rings. The number of hydrogen-bond acceptors (Lipinski definition) is 5. The van der Waals surface area contributed by atoms with Gasteiger partial charge in [0.15, 0.2) is 0 Å². The molecule has 0 fully saturated rings. The van der Waals surface area contributed by atoms with E-state index in [-0.39, 0.29) is 5.41 Å². The normalized spacial score (nSPS) is 14.0. The van der Waals surface area contributed by atoms with Crippen molar-refractivity contribution in [1.29, 1.82) is 0 Å². The molecule has 38 heavy (non-hydrogen) atoms. The van der Waals surface area contributed by atoms with Crippen LogP contribution in [0, 0.1) is 13.8 Å². The Morgan fingerprint density at radius 2 is 1.29 bits per heavy atom. The number of rotatable bonds is 11. The van der Waals surface area contributed by atoms with Gasteiger partial charge in [0.25, 0.3) is 0 Å². The molecule has 0 bridgehead atoms. The highest BCUT2D eigenvalue weighted by molar-refractivity contribution is 7.38. The van der Waals surface area contributed by atoms with Crippen molar-refractivity contribution in [3.8, 4) is 21.7 Å². The lowest BCUT2D eigenvalue weighted by molar-refractivity contribution is 0.401. The Morgan fingerprint density at radius 3 is 2.00 bits per heavy atom. The van der Waals surface area contributed by atoms with Gasteiger partial charge >= 0.3 is 0 Å². The van der Waals surface area contributed by atoms with Crippen molar-refractivity contribution in [3.63, 3.8) is 0 Å². The molecule has 0 radical (unpaired) electrons. The number of benzene rings is 2. The maximum atomic E-state index is 5.14. The zero-order chi connectivity index (χ0) is 26.3. The van der Waals surface area contributed by atoms with Crippen molar-refractivity contribution in [2.75, 3.05) is 0 Å². The van der Waals surface area contributed by atoms with Crippen molar-refractivity contribution >= 4 is 53.1 Å². The van der Waals surface area contributed by atoms with E-state index in [2.05, 4.69) is 64.1 Å². The Balaban J connectivity index is 1.45. The fourth-order valence-electron chi connectivity index (χ4n) is 6.47. The van der Waals surface area contributed by atoms with Gasteiger partial charge in [0, 0.05) is 11.0 Å². The number of unbranched alkanes of at least 4 members (excludes halogenated alkanes) is 6. The molecule has 0 saturated carbocycles.